The van der Waals surface area contributed by atoms with Crippen LogP contribution < -0.4 is 0 Å². The van der Waals surface area contributed by atoms with Gasteiger partial charge in [0.2, 0.25) is 0 Å². The predicted molar refractivity (Wildman–Crippen MR) is 249 cm³/mol. The Labute approximate surface area is 355 Å². The molecule has 2 aliphatic rings. The lowest BCUT2D eigenvalue weighted by Gasteiger charge is -2.35. The summed E-state index contributed by atoms with van der Waals surface area (Å²) in [5, 5.41) is 0. The number of hydrogen-bond acceptors (Lipinski definition) is 3. The van der Waals surface area contributed by atoms with Gasteiger partial charge >= 0.3 is 0 Å². The molecular weight excluding hydrogens is 739 g/mol. The van der Waals surface area contributed by atoms with Crippen LogP contribution in [-0.2, 0) is 5.41 Å². The summed E-state index contributed by atoms with van der Waals surface area (Å²) >= 11 is 0. The average molecular weight is 776 g/mol. The van der Waals surface area contributed by atoms with Crippen molar-refractivity contribution in [3.05, 3.63) is 247 Å². The fourth-order valence-corrected chi connectivity index (χ4v) is 10.0. The number of rotatable bonds is 5. The second kappa shape index (κ2) is 14.1. The molecule has 1 spiro atoms. The largest absolute Gasteiger partial charge is 0.208 e. The van der Waals surface area contributed by atoms with Crippen molar-refractivity contribution < 1.29 is 0 Å². The molecule has 0 aliphatic heterocycles. The van der Waals surface area contributed by atoms with Crippen LogP contribution in [-0.4, -0.2) is 15.0 Å². The molecule has 61 heavy (non-hydrogen) atoms. The van der Waals surface area contributed by atoms with Gasteiger partial charge in [-0.15, -0.1) is 0 Å². The number of nitrogens with zero attached hydrogens (tertiary/aromatic N) is 3. The number of hydrogen-bond donors (Lipinski definition) is 0. The molecule has 0 amide bonds. The smallest absolute Gasteiger partial charge is 0.164 e. The van der Waals surface area contributed by atoms with Crippen LogP contribution in [0.15, 0.2) is 224 Å². The van der Waals surface area contributed by atoms with Crippen molar-refractivity contribution in [3.8, 4) is 89.8 Å². The van der Waals surface area contributed by atoms with Crippen molar-refractivity contribution in [2.45, 2.75) is 5.41 Å². The van der Waals surface area contributed by atoms with Crippen molar-refractivity contribution in [2.24, 2.45) is 0 Å². The van der Waals surface area contributed by atoms with Gasteiger partial charge in [0.05, 0.1) is 5.41 Å². The van der Waals surface area contributed by atoms with Gasteiger partial charge in [0.1, 0.15) is 0 Å². The van der Waals surface area contributed by atoms with E-state index < -0.39 is 5.41 Å². The molecule has 3 heteroatoms. The van der Waals surface area contributed by atoms with Gasteiger partial charge in [-0.1, -0.05) is 218 Å². The topological polar surface area (TPSA) is 38.7 Å². The van der Waals surface area contributed by atoms with Crippen molar-refractivity contribution in [1.29, 1.82) is 0 Å². The second-order valence-corrected chi connectivity index (χ2v) is 15.8. The minimum Gasteiger partial charge on any atom is -0.208 e. The van der Waals surface area contributed by atoms with Gasteiger partial charge < -0.3 is 0 Å². The second-order valence-electron chi connectivity index (χ2n) is 15.8. The molecule has 0 unspecified atom stereocenters. The Morgan fingerprint density at radius 2 is 0.541 bits per heavy atom. The highest BCUT2D eigenvalue weighted by atomic mass is 15.0. The van der Waals surface area contributed by atoms with Crippen molar-refractivity contribution in [2.75, 3.05) is 0 Å². The lowest BCUT2D eigenvalue weighted by molar-refractivity contribution is 0.775. The van der Waals surface area contributed by atoms with E-state index in [9.17, 15) is 0 Å². The van der Waals surface area contributed by atoms with Crippen LogP contribution in [0.3, 0.4) is 0 Å². The van der Waals surface area contributed by atoms with E-state index >= 15 is 0 Å². The van der Waals surface area contributed by atoms with Crippen molar-refractivity contribution in [1.82, 2.24) is 15.0 Å². The summed E-state index contributed by atoms with van der Waals surface area (Å²) in [6.07, 6.45) is 0. The molecule has 9 aromatic carbocycles. The lowest BCUT2D eigenvalue weighted by Crippen LogP contribution is -2.29. The Morgan fingerprint density at radius 3 is 1.00 bits per heavy atom. The molecule has 0 saturated heterocycles. The maximum atomic E-state index is 5.37. The molecule has 10 aromatic rings. The number of aromatic nitrogens is 3. The first-order valence-corrected chi connectivity index (χ1v) is 20.9. The summed E-state index contributed by atoms with van der Waals surface area (Å²) < 4.78 is 0. The zero-order chi connectivity index (χ0) is 40.3. The van der Waals surface area contributed by atoms with Gasteiger partial charge in [0.15, 0.2) is 17.5 Å². The molecule has 1 heterocycles. The molecule has 12 rings (SSSR count). The van der Waals surface area contributed by atoms with Gasteiger partial charge in [-0.25, -0.2) is 15.0 Å². The molecule has 2 aliphatic carbocycles. The highest BCUT2D eigenvalue weighted by molar-refractivity contribution is 5.98. The first-order chi connectivity index (χ1) is 30.3. The zero-order valence-corrected chi connectivity index (χ0v) is 33.2. The van der Waals surface area contributed by atoms with E-state index in [0.29, 0.717) is 17.5 Å². The summed E-state index contributed by atoms with van der Waals surface area (Å²) in [5.41, 5.74) is 19.1. The van der Waals surface area contributed by atoms with Crippen LogP contribution in [0, 0.1) is 0 Å². The summed E-state index contributed by atoms with van der Waals surface area (Å²) in [5.74, 6) is 1.88. The molecule has 0 N–H and O–H groups in total. The fourth-order valence-electron chi connectivity index (χ4n) is 10.0. The van der Waals surface area contributed by atoms with E-state index in [2.05, 4.69) is 212 Å². The van der Waals surface area contributed by atoms with Gasteiger partial charge in [0.25, 0.3) is 0 Å². The Bertz CT molecular complexity index is 3150. The Kier molecular flexibility index (Phi) is 8.07. The highest BCUT2D eigenvalue weighted by Crippen LogP contribution is 2.61. The molecule has 3 nitrogen and oxygen atoms in total. The summed E-state index contributed by atoms with van der Waals surface area (Å²) in [7, 11) is 0. The molecule has 0 radical (unpaired) electrons. The van der Waals surface area contributed by atoms with E-state index in [1.165, 1.54) is 55.6 Å². The van der Waals surface area contributed by atoms with Crippen LogP contribution in [0.4, 0.5) is 0 Å². The summed E-state index contributed by atoms with van der Waals surface area (Å²) in [6.45, 7) is 0. The third-order valence-electron chi connectivity index (χ3n) is 12.6. The minimum atomic E-state index is -0.560. The van der Waals surface area contributed by atoms with Crippen molar-refractivity contribution in [3.63, 3.8) is 0 Å². The summed E-state index contributed by atoms with van der Waals surface area (Å²) in [6, 6.07) is 80.5. The quantitative estimate of drug-likeness (QED) is 0.175. The number of benzene rings is 9. The highest BCUT2D eigenvalue weighted by Gasteiger charge is 2.49. The molecular formula is C58H37N3. The standard InChI is InChI=1S/C58H37N3/c1-3-19-38(20-4-1)41-23-7-11-30-48(41)56-59-55(60-57(61-56)49-31-12-8-24-42(49)39-21-5-2-6-22-39)40-35-36-54-50(37-40)47-29-15-18-34-53(47)58(54)51-32-16-13-27-45(51)43-25-9-10-26-44(43)46-28-14-17-33-52(46)58/h1-37H. The van der Waals surface area contributed by atoms with Crippen molar-refractivity contribution >= 4 is 0 Å². The first kappa shape index (κ1) is 35.0. The third-order valence-corrected chi connectivity index (χ3v) is 12.6. The molecule has 0 atom stereocenters. The first-order valence-electron chi connectivity index (χ1n) is 20.9. The van der Waals surface area contributed by atoms with E-state index in [4.69, 9.17) is 15.0 Å². The van der Waals surface area contributed by atoms with E-state index in [1.54, 1.807) is 0 Å². The van der Waals surface area contributed by atoms with Gasteiger partial charge in [-0.3, -0.25) is 0 Å². The molecule has 0 saturated carbocycles. The SMILES string of the molecule is c1ccc(-c2ccccc2-c2nc(-c3ccc4c(c3)-c3ccccc3C43c4ccccc4-c4ccccc4-c4ccccc43)nc(-c3ccccc3-c3ccccc3)n2)cc1. The monoisotopic (exact) mass is 775 g/mol. The normalized spacial score (nSPS) is 12.7. The lowest BCUT2D eigenvalue weighted by atomic mass is 9.66. The van der Waals surface area contributed by atoms with Crippen LogP contribution in [0.25, 0.3) is 89.8 Å². The van der Waals surface area contributed by atoms with E-state index in [0.717, 1.165) is 38.9 Å². The zero-order valence-electron chi connectivity index (χ0n) is 33.2. The van der Waals surface area contributed by atoms with Crippen LogP contribution in [0.2, 0.25) is 0 Å². The molecule has 0 fully saturated rings. The van der Waals surface area contributed by atoms with Crippen LogP contribution in [0.1, 0.15) is 22.3 Å². The summed E-state index contributed by atoms with van der Waals surface area (Å²) in [4.78, 5) is 16.0. The van der Waals surface area contributed by atoms with Gasteiger partial charge in [-0.05, 0) is 84.0 Å². The maximum absolute atomic E-state index is 5.37. The fraction of sp³-hybridized carbons (Fsp3) is 0.0172. The minimum absolute atomic E-state index is 0.560. The Balaban J connectivity index is 1.12. The van der Waals surface area contributed by atoms with Gasteiger partial charge in [0, 0.05) is 16.7 Å². The average Bonchev–Trinajstić information content (AvgIpc) is 3.58. The predicted octanol–water partition coefficient (Wildman–Crippen LogP) is 14.2. The molecule has 0 bridgehead atoms. The Morgan fingerprint density at radius 1 is 0.213 bits per heavy atom. The maximum Gasteiger partial charge on any atom is 0.164 e. The van der Waals surface area contributed by atoms with Crippen LogP contribution in [0.5, 0.6) is 0 Å². The third kappa shape index (κ3) is 5.41. The van der Waals surface area contributed by atoms with E-state index in [-0.39, 0.29) is 0 Å². The molecule has 1 aromatic heterocycles. The van der Waals surface area contributed by atoms with Gasteiger partial charge in [-0.2, -0.15) is 0 Å². The van der Waals surface area contributed by atoms with Crippen LogP contribution >= 0.6 is 0 Å². The van der Waals surface area contributed by atoms with E-state index in [1.807, 2.05) is 12.1 Å². The number of fused-ring (bicyclic) bond motifs is 12. The Hall–Kier alpha value is -8.01. The molecule has 284 valence electrons.